The van der Waals surface area contributed by atoms with Crippen molar-refractivity contribution in [2.75, 3.05) is 7.05 Å². The van der Waals surface area contributed by atoms with E-state index in [1.807, 2.05) is 0 Å². The molecule has 5 heteroatoms. The molecule has 1 rings (SSSR count). The molecule has 1 aromatic rings. The minimum atomic E-state index is -2.99. The van der Waals surface area contributed by atoms with E-state index in [4.69, 9.17) is 11.6 Å². The molecule has 16 heavy (non-hydrogen) atoms. The van der Waals surface area contributed by atoms with Gasteiger partial charge in [-0.2, -0.15) is 8.78 Å². The van der Waals surface area contributed by atoms with E-state index in [1.165, 1.54) is 7.05 Å². The molecule has 0 N–H and O–H groups in total. The van der Waals surface area contributed by atoms with Crippen LogP contribution in [0, 0.1) is 0 Å². The van der Waals surface area contributed by atoms with Gasteiger partial charge >= 0.3 is 6.43 Å². The average molecular weight is 248 g/mol. The highest BCUT2D eigenvalue weighted by atomic mass is 35.5. The Bertz CT molecular complexity index is 384. The Morgan fingerprint density at radius 2 is 1.94 bits per heavy atom. The first-order valence-electron chi connectivity index (χ1n) is 4.74. The SMILES string of the molecule is C[C@@H](c1ccccc1Cl)N(C)C(=O)C(F)F. The minimum Gasteiger partial charge on any atom is -0.334 e. The van der Waals surface area contributed by atoms with Crippen molar-refractivity contribution >= 4 is 17.5 Å². The normalized spacial score (nSPS) is 12.6. The molecule has 0 radical (unpaired) electrons. The quantitative estimate of drug-likeness (QED) is 0.804. The Labute approximate surface area is 97.8 Å². The van der Waals surface area contributed by atoms with Crippen LogP contribution in [0.25, 0.3) is 0 Å². The van der Waals surface area contributed by atoms with Crippen LogP contribution in [0.5, 0.6) is 0 Å². The Balaban J connectivity index is 2.90. The third kappa shape index (κ3) is 2.70. The van der Waals surface area contributed by atoms with Crippen LogP contribution in [-0.4, -0.2) is 24.3 Å². The number of carbonyl (C=O) groups is 1. The highest BCUT2D eigenvalue weighted by Gasteiger charge is 2.25. The zero-order valence-corrected chi connectivity index (χ0v) is 9.71. The summed E-state index contributed by atoms with van der Waals surface area (Å²) in [5.41, 5.74) is 0.653. The van der Waals surface area contributed by atoms with Crippen LogP contribution in [0.1, 0.15) is 18.5 Å². The molecule has 88 valence electrons. The zero-order valence-electron chi connectivity index (χ0n) is 8.95. The number of rotatable bonds is 3. The molecule has 0 aliphatic rings. The van der Waals surface area contributed by atoms with Crippen LogP contribution in [-0.2, 0) is 4.79 Å². The molecule has 0 spiro atoms. The summed E-state index contributed by atoms with van der Waals surface area (Å²) in [6.07, 6.45) is -2.99. The fourth-order valence-corrected chi connectivity index (χ4v) is 1.66. The van der Waals surface area contributed by atoms with Crippen molar-refractivity contribution in [1.29, 1.82) is 0 Å². The number of benzene rings is 1. The van der Waals surface area contributed by atoms with Gasteiger partial charge in [-0.3, -0.25) is 4.79 Å². The summed E-state index contributed by atoms with van der Waals surface area (Å²) in [4.78, 5) is 12.1. The van der Waals surface area contributed by atoms with Crippen molar-refractivity contribution in [3.05, 3.63) is 34.9 Å². The number of nitrogens with zero attached hydrogens (tertiary/aromatic N) is 1. The van der Waals surface area contributed by atoms with E-state index in [0.717, 1.165) is 4.90 Å². The highest BCUT2D eigenvalue weighted by molar-refractivity contribution is 6.31. The summed E-state index contributed by atoms with van der Waals surface area (Å²) in [5.74, 6) is -1.20. The summed E-state index contributed by atoms with van der Waals surface area (Å²) >= 11 is 5.92. The maximum absolute atomic E-state index is 12.2. The van der Waals surface area contributed by atoms with Gasteiger partial charge in [0, 0.05) is 12.1 Å². The van der Waals surface area contributed by atoms with E-state index in [2.05, 4.69) is 0 Å². The first-order valence-corrected chi connectivity index (χ1v) is 5.12. The largest absolute Gasteiger partial charge is 0.334 e. The first kappa shape index (κ1) is 12.9. The lowest BCUT2D eigenvalue weighted by Gasteiger charge is -2.25. The van der Waals surface area contributed by atoms with Crippen molar-refractivity contribution in [2.24, 2.45) is 0 Å². The zero-order chi connectivity index (χ0) is 12.3. The average Bonchev–Trinajstić information content (AvgIpc) is 2.26. The molecule has 0 bridgehead atoms. The molecule has 0 aromatic heterocycles. The molecule has 0 aliphatic carbocycles. The molecule has 0 unspecified atom stereocenters. The Morgan fingerprint density at radius 3 is 2.44 bits per heavy atom. The number of alkyl halides is 2. The molecule has 0 saturated carbocycles. The standard InChI is InChI=1S/C11H12ClF2NO/c1-7(15(2)11(16)10(13)14)8-5-3-4-6-9(8)12/h3-7,10H,1-2H3/t7-/m0/s1. The van der Waals surface area contributed by atoms with Gasteiger partial charge in [0.2, 0.25) is 0 Å². The fraction of sp³-hybridized carbons (Fsp3) is 0.364. The van der Waals surface area contributed by atoms with Gasteiger partial charge < -0.3 is 4.90 Å². The third-order valence-corrected chi connectivity index (χ3v) is 2.81. The molecular weight excluding hydrogens is 236 g/mol. The van der Waals surface area contributed by atoms with E-state index in [9.17, 15) is 13.6 Å². The van der Waals surface area contributed by atoms with Gasteiger partial charge in [0.15, 0.2) is 0 Å². The van der Waals surface area contributed by atoms with Crippen molar-refractivity contribution in [3.63, 3.8) is 0 Å². The van der Waals surface area contributed by atoms with Crippen LogP contribution >= 0.6 is 11.6 Å². The van der Waals surface area contributed by atoms with E-state index in [-0.39, 0.29) is 0 Å². The topological polar surface area (TPSA) is 20.3 Å². The van der Waals surface area contributed by atoms with Gasteiger partial charge in [0.25, 0.3) is 5.91 Å². The summed E-state index contributed by atoms with van der Waals surface area (Å²) in [7, 11) is 1.34. The van der Waals surface area contributed by atoms with Crippen molar-refractivity contribution < 1.29 is 13.6 Å². The molecule has 1 amide bonds. The number of amides is 1. The Hall–Kier alpha value is -1.16. The predicted molar refractivity (Wildman–Crippen MR) is 58.6 cm³/mol. The van der Waals surface area contributed by atoms with Crippen LogP contribution in [0.15, 0.2) is 24.3 Å². The molecular formula is C11H12ClF2NO. The van der Waals surface area contributed by atoms with Crippen molar-refractivity contribution in [2.45, 2.75) is 19.4 Å². The van der Waals surface area contributed by atoms with Gasteiger partial charge in [-0.25, -0.2) is 0 Å². The summed E-state index contributed by atoms with van der Waals surface area (Å²) in [6, 6.07) is 6.39. The number of hydrogen-bond donors (Lipinski definition) is 0. The Kier molecular flexibility index (Phi) is 4.24. The maximum Gasteiger partial charge on any atom is 0.315 e. The van der Waals surface area contributed by atoms with E-state index < -0.39 is 18.4 Å². The smallest absolute Gasteiger partial charge is 0.315 e. The van der Waals surface area contributed by atoms with Gasteiger partial charge in [0.1, 0.15) is 0 Å². The van der Waals surface area contributed by atoms with E-state index in [1.54, 1.807) is 31.2 Å². The molecule has 0 aliphatic heterocycles. The number of halogens is 3. The molecule has 1 atom stereocenters. The monoisotopic (exact) mass is 247 g/mol. The van der Waals surface area contributed by atoms with Crippen LogP contribution < -0.4 is 0 Å². The molecule has 0 saturated heterocycles. The summed E-state index contributed by atoms with van der Waals surface area (Å²) in [5, 5.41) is 0.462. The van der Waals surface area contributed by atoms with Crippen LogP contribution in [0.2, 0.25) is 5.02 Å². The molecule has 2 nitrogen and oxygen atoms in total. The number of hydrogen-bond acceptors (Lipinski definition) is 1. The van der Waals surface area contributed by atoms with Gasteiger partial charge in [-0.1, -0.05) is 29.8 Å². The lowest BCUT2D eigenvalue weighted by molar-refractivity contribution is -0.143. The lowest BCUT2D eigenvalue weighted by Crippen LogP contribution is -2.34. The predicted octanol–water partition coefficient (Wildman–Crippen LogP) is 3.12. The molecule has 0 fully saturated rings. The minimum absolute atomic E-state index is 0.462. The second-order valence-electron chi connectivity index (χ2n) is 3.45. The van der Waals surface area contributed by atoms with Gasteiger partial charge in [-0.15, -0.1) is 0 Å². The van der Waals surface area contributed by atoms with Gasteiger partial charge in [-0.05, 0) is 18.6 Å². The number of carbonyl (C=O) groups excluding carboxylic acids is 1. The fourth-order valence-electron chi connectivity index (χ4n) is 1.37. The highest BCUT2D eigenvalue weighted by Crippen LogP contribution is 2.26. The summed E-state index contributed by atoms with van der Waals surface area (Å²) < 4.78 is 24.5. The Morgan fingerprint density at radius 1 is 1.38 bits per heavy atom. The van der Waals surface area contributed by atoms with E-state index in [0.29, 0.717) is 10.6 Å². The second kappa shape index (κ2) is 5.25. The third-order valence-electron chi connectivity index (χ3n) is 2.47. The molecule has 0 heterocycles. The maximum atomic E-state index is 12.2. The lowest BCUT2D eigenvalue weighted by atomic mass is 10.1. The first-order chi connectivity index (χ1) is 7.45. The van der Waals surface area contributed by atoms with E-state index >= 15 is 0 Å². The van der Waals surface area contributed by atoms with Gasteiger partial charge in [0.05, 0.1) is 6.04 Å². The molecule has 1 aromatic carbocycles. The van der Waals surface area contributed by atoms with Crippen LogP contribution in [0.4, 0.5) is 8.78 Å². The van der Waals surface area contributed by atoms with Crippen molar-refractivity contribution in [3.8, 4) is 0 Å². The second-order valence-corrected chi connectivity index (χ2v) is 3.85. The summed E-state index contributed by atoms with van der Waals surface area (Å²) in [6.45, 7) is 1.65. The van der Waals surface area contributed by atoms with Crippen molar-refractivity contribution in [1.82, 2.24) is 4.90 Å². The van der Waals surface area contributed by atoms with Crippen LogP contribution in [0.3, 0.4) is 0 Å².